The molecule has 1 aromatic rings. The van der Waals surface area contributed by atoms with E-state index in [2.05, 4.69) is 40.1 Å². The van der Waals surface area contributed by atoms with Gasteiger partial charge in [-0.3, -0.25) is 9.80 Å². The number of nitrogens with zero attached hydrogens (tertiary/aromatic N) is 2. The number of hydrogen-bond acceptors (Lipinski definition) is 3. The van der Waals surface area contributed by atoms with Crippen LogP contribution in [-0.4, -0.2) is 54.6 Å². The molecule has 0 aliphatic carbocycles. The third-order valence-corrected chi connectivity index (χ3v) is 4.95. The second kappa shape index (κ2) is 6.70. The molecule has 0 aromatic heterocycles. The molecule has 2 unspecified atom stereocenters. The molecule has 3 rings (SSSR count). The van der Waals surface area contributed by atoms with Crippen molar-refractivity contribution >= 4 is 0 Å². The summed E-state index contributed by atoms with van der Waals surface area (Å²) in [5.74, 6) is 0. The van der Waals surface area contributed by atoms with Crippen molar-refractivity contribution in [3.05, 3.63) is 35.9 Å². The van der Waals surface area contributed by atoms with Gasteiger partial charge < -0.3 is 5.73 Å². The van der Waals surface area contributed by atoms with Crippen LogP contribution in [0.4, 0.5) is 0 Å². The van der Waals surface area contributed by atoms with Crippen LogP contribution in [0.15, 0.2) is 30.3 Å². The van der Waals surface area contributed by atoms with Crippen LogP contribution in [0.5, 0.6) is 0 Å². The standard InChI is InChI=1S/C17H27N3/c18-13-17(12-15-6-2-1-3-7-15)20-11-8-16(14-20)19-9-4-5-10-19/h1-3,6-7,16-17H,4-5,8-14,18H2. The highest BCUT2D eigenvalue weighted by Crippen LogP contribution is 2.22. The number of likely N-dealkylation sites (tertiary alicyclic amines) is 2. The SMILES string of the molecule is NCC(Cc1ccccc1)N1CCC(N2CCCC2)C1. The summed E-state index contributed by atoms with van der Waals surface area (Å²) >= 11 is 0. The van der Waals surface area contributed by atoms with Gasteiger partial charge in [-0.25, -0.2) is 0 Å². The lowest BCUT2D eigenvalue weighted by Gasteiger charge is -2.28. The molecule has 2 fully saturated rings. The molecule has 2 saturated heterocycles. The van der Waals surface area contributed by atoms with Crippen LogP contribution in [0.25, 0.3) is 0 Å². The van der Waals surface area contributed by atoms with Crippen LogP contribution in [0.1, 0.15) is 24.8 Å². The van der Waals surface area contributed by atoms with Gasteiger partial charge in [0.1, 0.15) is 0 Å². The Kier molecular flexibility index (Phi) is 4.71. The zero-order chi connectivity index (χ0) is 13.8. The summed E-state index contributed by atoms with van der Waals surface area (Å²) in [6, 6.07) is 12.1. The summed E-state index contributed by atoms with van der Waals surface area (Å²) < 4.78 is 0. The van der Waals surface area contributed by atoms with Gasteiger partial charge in [-0.15, -0.1) is 0 Å². The van der Waals surface area contributed by atoms with E-state index in [0.29, 0.717) is 6.04 Å². The Hall–Kier alpha value is -0.900. The lowest BCUT2D eigenvalue weighted by Crippen LogP contribution is -2.43. The summed E-state index contributed by atoms with van der Waals surface area (Å²) in [6.07, 6.45) is 5.19. The highest BCUT2D eigenvalue weighted by Gasteiger charge is 2.32. The summed E-state index contributed by atoms with van der Waals surface area (Å²) in [6.45, 7) is 5.82. The van der Waals surface area contributed by atoms with E-state index >= 15 is 0 Å². The van der Waals surface area contributed by atoms with Gasteiger partial charge in [-0.05, 0) is 44.3 Å². The quantitative estimate of drug-likeness (QED) is 0.887. The van der Waals surface area contributed by atoms with E-state index in [1.807, 2.05) is 0 Å². The first-order valence-electron chi connectivity index (χ1n) is 8.09. The molecule has 2 aliphatic heterocycles. The van der Waals surface area contributed by atoms with Gasteiger partial charge in [0, 0.05) is 31.7 Å². The van der Waals surface area contributed by atoms with Gasteiger partial charge in [0.15, 0.2) is 0 Å². The second-order valence-electron chi connectivity index (χ2n) is 6.26. The van der Waals surface area contributed by atoms with Crippen molar-refractivity contribution in [2.24, 2.45) is 5.73 Å². The second-order valence-corrected chi connectivity index (χ2v) is 6.26. The Labute approximate surface area is 122 Å². The molecule has 0 bridgehead atoms. The molecule has 20 heavy (non-hydrogen) atoms. The molecule has 110 valence electrons. The van der Waals surface area contributed by atoms with E-state index in [1.165, 1.54) is 51.0 Å². The molecule has 0 radical (unpaired) electrons. The van der Waals surface area contributed by atoms with Crippen LogP contribution in [-0.2, 0) is 6.42 Å². The predicted molar refractivity (Wildman–Crippen MR) is 83.8 cm³/mol. The molecule has 2 N–H and O–H groups in total. The number of benzene rings is 1. The molecule has 3 nitrogen and oxygen atoms in total. The van der Waals surface area contributed by atoms with Crippen molar-refractivity contribution in [3.63, 3.8) is 0 Å². The number of hydrogen-bond donors (Lipinski definition) is 1. The fourth-order valence-corrected chi connectivity index (χ4v) is 3.75. The molecule has 0 saturated carbocycles. The lowest BCUT2D eigenvalue weighted by atomic mass is 10.1. The highest BCUT2D eigenvalue weighted by atomic mass is 15.3. The van der Waals surface area contributed by atoms with E-state index in [4.69, 9.17) is 5.73 Å². The fourth-order valence-electron chi connectivity index (χ4n) is 3.75. The van der Waals surface area contributed by atoms with Crippen LogP contribution >= 0.6 is 0 Å². The maximum absolute atomic E-state index is 6.04. The van der Waals surface area contributed by atoms with E-state index in [-0.39, 0.29) is 0 Å². The summed E-state index contributed by atoms with van der Waals surface area (Å²) in [7, 11) is 0. The molecule has 2 heterocycles. The Morgan fingerprint density at radius 1 is 1.10 bits per heavy atom. The predicted octanol–water partition coefficient (Wildman–Crippen LogP) is 1.73. The number of nitrogens with two attached hydrogens (primary N) is 1. The van der Waals surface area contributed by atoms with Gasteiger partial charge in [0.05, 0.1) is 0 Å². The van der Waals surface area contributed by atoms with Crippen LogP contribution < -0.4 is 5.73 Å². The van der Waals surface area contributed by atoms with Gasteiger partial charge in [0.2, 0.25) is 0 Å². The van der Waals surface area contributed by atoms with Crippen LogP contribution in [0.3, 0.4) is 0 Å². The first kappa shape index (κ1) is 14.1. The molecule has 0 spiro atoms. The van der Waals surface area contributed by atoms with Gasteiger partial charge in [-0.2, -0.15) is 0 Å². The van der Waals surface area contributed by atoms with Crippen LogP contribution in [0, 0.1) is 0 Å². The van der Waals surface area contributed by atoms with E-state index < -0.39 is 0 Å². The van der Waals surface area contributed by atoms with Crippen LogP contribution in [0.2, 0.25) is 0 Å². The minimum Gasteiger partial charge on any atom is -0.329 e. The summed E-state index contributed by atoms with van der Waals surface area (Å²) in [5.41, 5.74) is 7.45. The minimum absolute atomic E-state index is 0.505. The Balaban J connectivity index is 1.57. The summed E-state index contributed by atoms with van der Waals surface area (Å²) in [4.78, 5) is 5.31. The molecule has 2 aliphatic rings. The van der Waals surface area contributed by atoms with E-state index in [9.17, 15) is 0 Å². The lowest BCUT2D eigenvalue weighted by molar-refractivity contribution is 0.201. The molecule has 1 aromatic carbocycles. The Morgan fingerprint density at radius 3 is 2.55 bits per heavy atom. The van der Waals surface area contributed by atoms with E-state index in [0.717, 1.165) is 19.0 Å². The molecule has 3 heteroatoms. The summed E-state index contributed by atoms with van der Waals surface area (Å²) in [5, 5.41) is 0. The van der Waals surface area contributed by atoms with Crippen molar-refractivity contribution in [1.29, 1.82) is 0 Å². The van der Waals surface area contributed by atoms with Crippen molar-refractivity contribution in [2.75, 3.05) is 32.7 Å². The third kappa shape index (κ3) is 3.22. The van der Waals surface area contributed by atoms with Crippen molar-refractivity contribution < 1.29 is 0 Å². The monoisotopic (exact) mass is 273 g/mol. The van der Waals surface area contributed by atoms with Gasteiger partial charge in [-0.1, -0.05) is 30.3 Å². The first-order valence-corrected chi connectivity index (χ1v) is 8.09. The Bertz CT molecular complexity index is 400. The largest absolute Gasteiger partial charge is 0.329 e. The molecule has 0 amide bonds. The average Bonchev–Trinajstić information content (AvgIpc) is 3.16. The van der Waals surface area contributed by atoms with E-state index in [1.54, 1.807) is 0 Å². The molecule has 2 atom stereocenters. The molecular formula is C17H27N3. The molecular weight excluding hydrogens is 246 g/mol. The topological polar surface area (TPSA) is 32.5 Å². The van der Waals surface area contributed by atoms with Crippen molar-refractivity contribution in [3.8, 4) is 0 Å². The number of rotatable bonds is 5. The average molecular weight is 273 g/mol. The maximum atomic E-state index is 6.04. The minimum atomic E-state index is 0.505. The third-order valence-electron chi connectivity index (χ3n) is 4.95. The Morgan fingerprint density at radius 2 is 1.85 bits per heavy atom. The normalized spacial score (nSPS) is 26.1. The zero-order valence-electron chi connectivity index (χ0n) is 12.4. The maximum Gasteiger partial charge on any atom is 0.0259 e. The highest BCUT2D eigenvalue weighted by molar-refractivity contribution is 5.16. The smallest absolute Gasteiger partial charge is 0.0259 e. The van der Waals surface area contributed by atoms with Gasteiger partial charge >= 0.3 is 0 Å². The zero-order valence-corrected chi connectivity index (χ0v) is 12.4. The first-order chi connectivity index (χ1) is 9.86. The fraction of sp³-hybridized carbons (Fsp3) is 0.647. The van der Waals surface area contributed by atoms with Crippen molar-refractivity contribution in [2.45, 2.75) is 37.8 Å². The van der Waals surface area contributed by atoms with Gasteiger partial charge in [0.25, 0.3) is 0 Å². The van der Waals surface area contributed by atoms with Crippen molar-refractivity contribution in [1.82, 2.24) is 9.80 Å².